The molecule has 0 aliphatic heterocycles. The highest BCUT2D eigenvalue weighted by atomic mass is 127. The van der Waals surface area contributed by atoms with E-state index in [-0.39, 0.29) is 29.9 Å². The number of nitrogens with one attached hydrogen (secondary N) is 2. The van der Waals surface area contributed by atoms with Crippen LogP contribution >= 0.6 is 34.4 Å². The third-order valence-corrected chi connectivity index (χ3v) is 5.29. The Morgan fingerprint density at radius 2 is 1.74 bits per heavy atom. The van der Waals surface area contributed by atoms with Crippen molar-refractivity contribution < 1.29 is 19.5 Å². The molecule has 0 aliphatic rings. The first-order valence-corrected chi connectivity index (χ1v) is 10.1. The van der Waals surface area contributed by atoms with Crippen LogP contribution in [0.15, 0.2) is 53.4 Å². The number of thioether (sulfide) groups is 1. The van der Waals surface area contributed by atoms with Crippen molar-refractivity contribution in [1.82, 2.24) is 0 Å². The normalized spacial score (nSPS) is 11.5. The minimum atomic E-state index is -1.01. The lowest BCUT2D eigenvalue weighted by atomic mass is 10.2. The summed E-state index contributed by atoms with van der Waals surface area (Å²) in [6.07, 6.45) is -0.294. The first kappa shape index (κ1) is 21.2. The summed E-state index contributed by atoms with van der Waals surface area (Å²) in [6.45, 7) is 1.81. The van der Waals surface area contributed by atoms with Gasteiger partial charge in [0, 0.05) is 26.3 Å². The Hall–Kier alpha value is -2.07. The number of carboxylic acids is 1. The van der Waals surface area contributed by atoms with Gasteiger partial charge in [-0.2, -0.15) is 0 Å². The molecule has 1 unspecified atom stereocenters. The van der Waals surface area contributed by atoms with Crippen LogP contribution in [0.25, 0.3) is 0 Å². The Morgan fingerprint density at radius 3 is 2.41 bits per heavy atom. The lowest BCUT2D eigenvalue weighted by Crippen LogP contribution is -2.22. The number of benzene rings is 2. The van der Waals surface area contributed by atoms with Gasteiger partial charge in [-0.05, 0) is 72.0 Å². The van der Waals surface area contributed by atoms with Gasteiger partial charge in [0.25, 0.3) is 0 Å². The lowest BCUT2D eigenvalue weighted by molar-refractivity contribution is -0.138. The fraction of sp³-hybridized carbons (Fsp3) is 0.211. The molecule has 8 heteroatoms. The summed E-state index contributed by atoms with van der Waals surface area (Å²) in [4.78, 5) is 35.4. The van der Waals surface area contributed by atoms with Gasteiger partial charge < -0.3 is 15.7 Å². The van der Waals surface area contributed by atoms with Gasteiger partial charge >= 0.3 is 5.97 Å². The number of carbonyl (C=O) groups is 3. The van der Waals surface area contributed by atoms with Crippen molar-refractivity contribution in [3.8, 4) is 0 Å². The van der Waals surface area contributed by atoms with Crippen molar-refractivity contribution >= 4 is 63.5 Å². The van der Waals surface area contributed by atoms with Gasteiger partial charge in [0.2, 0.25) is 11.8 Å². The van der Waals surface area contributed by atoms with Crippen LogP contribution in [0, 0.1) is 3.57 Å². The molecule has 0 saturated heterocycles. The van der Waals surface area contributed by atoms with Gasteiger partial charge in [0.15, 0.2) is 0 Å². The summed E-state index contributed by atoms with van der Waals surface area (Å²) in [5, 5.41) is 13.8. The Balaban J connectivity index is 1.92. The Bertz CT molecular complexity index is 827. The minimum Gasteiger partial charge on any atom is -0.481 e. The predicted molar refractivity (Wildman–Crippen MR) is 115 cm³/mol. The van der Waals surface area contributed by atoms with Gasteiger partial charge in [-0.1, -0.05) is 6.07 Å². The van der Waals surface area contributed by atoms with Crippen LogP contribution in [0.5, 0.6) is 0 Å². The summed E-state index contributed by atoms with van der Waals surface area (Å²) in [6, 6.07) is 14.7. The predicted octanol–water partition coefficient (Wildman–Crippen LogP) is 4.21. The van der Waals surface area contributed by atoms with Crippen LogP contribution in [0.4, 0.5) is 11.4 Å². The van der Waals surface area contributed by atoms with Crippen LogP contribution in [0.2, 0.25) is 0 Å². The number of carboxylic acid groups (broad SMARTS) is 1. The monoisotopic (exact) mass is 498 g/mol. The highest BCUT2D eigenvalue weighted by Gasteiger charge is 2.15. The van der Waals surface area contributed by atoms with Crippen LogP contribution in [-0.2, 0) is 14.4 Å². The number of halogens is 1. The van der Waals surface area contributed by atoms with Gasteiger partial charge in [0.1, 0.15) is 0 Å². The molecule has 2 rings (SSSR count). The second kappa shape index (κ2) is 10.3. The Kier molecular flexibility index (Phi) is 8.11. The van der Waals surface area contributed by atoms with E-state index in [1.54, 1.807) is 18.2 Å². The van der Waals surface area contributed by atoms with E-state index in [2.05, 4.69) is 33.2 Å². The summed E-state index contributed by atoms with van der Waals surface area (Å²) in [5.74, 6) is -1.48. The molecule has 0 fully saturated rings. The minimum absolute atomic E-state index is 0.0818. The van der Waals surface area contributed by atoms with Gasteiger partial charge in [-0.15, -0.1) is 11.8 Å². The zero-order valence-electron chi connectivity index (χ0n) is 14.6. The molecular formula is C19H19IN2O4S. The van der Waals surface area contributed by atoms with E-state index in [1.807, 2.05) is 37.3 Å². The molecule has 2 aromatic rings. The van der Waals surface area contributed by atoms with Crippen LogP contribution in [-0.4, -0.2) is 28.1 Å². The van der Waals surface area contributed by atoms with Crippen LogP contribution < -0.4 is 10.6 Å². The molecule has 142 valence electrons. The molecule has 2 amide bonds. The average Bonchev–Trinajstić information content (AvgIpc) is 2.62. The third kappa shape index (κ3) is 7.59. The summed E-state index contributed by atoms with van der Waals surface area (Å²) in [7, 11) is 0. The van der Waals surface area contributed by atoms with Crippen molar-refractivity contribution in [2.75, 3.05) is 10.6 Å². The zero-order valence-corrected chi connectivity index (χ0v) is 17.5. The van der Waals surface area contributed by atoms with Gasteiger partial charge in [0.05, 0.1) is 11.7 Å². The number of anilines is 2. The summed E-state index contributed by atoms with van der Waals surface area (Å²) in [5.41, 5.74) is 1.31. The third-order valence-electron chi connectivity index (χ3n) is 3.48. The van der Waals surface area contributed by atoms with Crippen molar-refractivity contribution in [1.29, 1.82) is 0 Å². The average molecular weight is 498 g/mol. The highest BCUT2D eigenvalue weighted by molar-refractivity contribution is 14.1. The molecule has 27 heavy (non-hydrogen) atoms. The second-order valence-electron chi connectivity index (χ2n) is 5.73. The van der Waals surface area contributed by atoms with E-state index in [4.69, 9.17) is 5.11 Å². The molecule has 0 radical (unpaired) electrons. The molecule has 0 saturated carbocycles. The van der Waals surface area contributed by atoms with Crippen molar-refractivity contribution in [3.63, 3.8) is 0 Å². The van der Waals surface area contributed by atoms with Crippen molar-refractivity contribution in [2.45, 2.75) is 29.9 Å². The number of carbonyl (C=O) groups excluding carboxylic acids is 2. The zero-order chi connectivity index (χ0) is 19.8. The van der Waals surface area contributed by atoms with Gasteiger partial charge in [-0.3, -0.25) is 14.4 Å². The van der Waals surface area contributed by atoms with E-state index in [9.17, 15) is 14.4 Å². The maximum atomic E-state index is 12.4. The standard InChI is InChI=1S/C19H19IN2O4S/c1-12(19(26)22-14-7-5-13(20)6-8-14)27-16-4-2-3-15(11-16)21-17(23)9-10-18(24)25/h2-8,11-12H,9-10H2,1H3,(H,21,23)(H,22,26)(H,24,25). The molecule has 0 aromatic heterocycles. The van der Waals surface area contributed by atoms with E-state index in [0.29, 0.717) is 5.69 Å². The van der Waals surface area contributed by atoms with Crippen LogP contribution in [0.3, 0.4) is 0 Å². The van der Waals surface area contributed by atoms with Crippen molar-refractivity contribution in [2.24, 2.45) is 0 Å². The fourth-order valence-corrected chi connectivity index (χ4v) is 3.41. The maximum absolute atomic E-state index is 12.4. The largest absolute Gasteiger partial charge is 0.481 e. The Morgan fingerprint density at radius 1 is 1.04 bits per heavy atom. The quantitative estimate of drug-likeness (QED) is 0.375. The first-order chi connectivity index (χ1) is 12.8. The molecule has 0 aliphatic carbocycles. The number of amides is 2. The van der Waals surface area contributed by atoms with E-state index in [0.717, 1.165) is 14.2 Å². The second-order valence-corrected chi connectivity index (χ2v) is 8.39. The molecule has 0 heterocycles. The molecule has 1 atom stereocenters. The number of aliphatic carboxylic acids is 1. The highest BCUT2D eigenvalue weighted by Crippen LogP contribution is 2.26. The lowest BCUT2D eigenvalue weighted by Gasteiger charge is -2.13. The number of hydrogen-bond donors (Lipinski definition) is 3. The molecule has 0 bridgehead atoms. The number of rotatable bonds is 8. The maximum Gasteiger partial charge on any atom is 0.303 e. The molecule has 6 nitrogen and oxygen atoms in total. The topological polar surface area (TPSA) is 95.5 Å². The van der Waals surface area contributed by atoms with E-state index < -0.39 is 5.97 Å². The number of hydrogen-bond acceptors (Lipinski definition) is 4. The summed E-state index contributed by atoms with van der Waals surface area (Å²) >= 11 is 3.58. The SMILES string of the molecule is CC(Sc1cccc(NC(=O)CCC(=O)O)c1)C(=O)Nc1ccc(I)cc1. The first-order valence-electron chi connectivity index (χ1n) is 8.18. The molecular weight excluding hydrogens is 479 g/mol. The van der Waals surface area contributed by atoms with E-state index >= 15 is 0 Å². The van der Waals surface area contributed by atoms with Gasteiger partial charge in [-0.25, -0.2) is 0 Å². The van der Waals surface area contributed by atoms with Crippen LogP contribution in [0.1, 0.15) is 19.8 Å². The summed E-state index contributed by atoms with van der Waals surface area (Å²) < 4.78 is 1.09. The van der Waals surface area contributed by atoms with E-state index in [1.165, 1.54) is 11.8 Å². The Labute approximate surface area is 175 Å². The van der Waals surface area contributed by atoms with Crippen molar-refractivity contribution in [3.05, 3.63) is 52.1 Å². The molecule has 0 spiro atoms. The molecule has 3 N–H and O–H groups in total. The smallest absolute Gasteiger partial charge is 0.303 e. The molecule has 2 aromatic carbocycles. The fourth-order valence-electron chi connectivity index (χ4n) is 2.13.